The summed E-state index contributed by atoms with van der Waals surface area (Å²) in [5.74, 6) is -0.926. The number of benzene rings is 1. The summed E-state index contributed by atoms with van der Waals surface area (Å²) in [6.45, 7) is 5.08. The van der Waals surface area contributed by atoms with Crippen molar-refractivity contribution in [1.82, 2.24) is 10.2 Å². The van der Waals surface area contributed by atoms with E-state index in [1.807, 2.05) is 6.92 Å². The number of likely N-dealkylation sites (tertiary alicyclic amines) is 1. The highest BCUT2D eigenvalue weighted by Crippen LogP contribution is 2.34. The van der Waals surface area contributed by atoms with Crippen molar-refractivity contribution in [1.29, 1.82) is 0 Å². The molecule has 0 bridgehead atoms. The summed E-state index contributed by atoms with van der Waals surface area (Å²) in [4.78, 5) is 2.53. The summed E-state index contributed by atoms with van der Waals surface area (Å²) in [6, 6.07) is 5.39. The lowest BCUT2D eigenvalue weighted by molar-refractivity contribution is 0.254. The molecule has 1 aromatic rings. The zero-order valence-electron chi connectivity index (χ0n) is 12.1. The molecule has 1 aliphatic carbocycles. The fourth-order valence-electron chi connectivity index (χ4n) is 3.45. The Bertz CT molecular complexity index is 467. The van der Waals surface area contributed by atoms with Crippen molar-refractivity contribution in [3.8, 4) is 0 Å². The number of rotatable bonds is 4. The summed E-state index contributed by atoms with van der Waals surface area (Å²) in [7, 11) is 0. The van der Waals surface area contributed by atoms with Crippen LogP contribution in [0.2, 0.25) is 0 Å². The molecule has 1 aliphatic heterocycles. The lowest BCUT2D eigenvalue weighted by atomic mass is 10.1. The minimum absolute atomic E-state index is 0.157. The van der Waals surface area contributed by atoms with Gasteiger partial charge in [-0.2, -0.15) is 0 Å². The first-order chi connectivity index (χ1) is 9.56. The maximum Gasteiger partial charge on any atom is 0.130 e. The number of hydrogen-bond acceptors (Lipinski definition) is 2. The molecule has 4 heteroatoms. The van der Waals surface area contributed by atoms with Crippen LogP contribution in [0.15, 0.2) is 18.2 Å². The molecule has 0 radical (unpaired) electrons. The molecule has 1 heterocycles. The molecule has 0 aromatic heterocycles. The Balaban J connectivity index is 1.66. The summed E-state index contributed by atoms with van der Waals surface area (Å²) in [6.07, 6.45) is 3.65. The molecule has 1 N–H and O–H groups in total. The van der Waals surface area contributed by atoms with Crippen LogP contribution < -0.4 is 5.32 Å². The maximum atomic E-state index is 13.8. The van der Waals surface area contributed by atoms with Crippen LogP contribution in [0.3, 0.4) is 0 Å². The average Bonchev–Trinajstić information content (AvgIpc) is 3.14. The van der Waals surface area contributed by atoms with Crippen molar-refractivity contribution in [3.05, 3.63) is 35.4 Å². The SMILES string of the molecule is CC(NC1CC(C)N(C2CC2)C1)c1c(F)cccc1F. The predicted octanol–water partition coefficient (Wildman–Crippen LogP) is 3.24. The van der Waals surface area contributed by atoms with E-state index in [1.54, 1.807) is 0 Å². The number of nitrogens with one attached hydrogen (secondary N) is 1. The minimum Gasteiger partial charge on any atom is -0.306 e. The van der Waals surface area contributed by atoms with Gasteiger partial charge >= 0.3 is 0 Å². The molecule has 2 aliphatic rings. The second-order valence-corrected chi connectivity index (χ2v) is 6.23. The Hall–Kier alpha value is -1.00. The van der Waals surface area contributed by atoms with Gasteiger partial charge in [0.1, 0.15) is 11.6 Å². The fraction of sp³-hybridized carbons (Fsp3) is 0.625. The lowest BCUT2D eigenvalue weighted by Crippen LogP contribution is -2.36. The summed E-state index contributed by atoms with van der Waals surface area (Å²) >= 11 is 0. The molecule has 3 atom stereocenters. The summed E-state index contributed by atoms with van der Waals surface area (Å²) in [5, 5.41) is 3.40. The maximum absolute atomic E-state index is 13.8. The van der Waals surface area contributed by atoms with Crippen LogP contribution in [0.5, 0.6) is 0 Å². The van der Waals surface area contributed by atoms with E-state index in [0.717, 1.165) is 19.0 Å². The Labute approximate surface area is 119 Å². The normalized spacial score (nSPS) is 28.8. The number of halogens is 2. The Morgan fingerprint density at radius 3 is 2.50 bits per heavy atom. The summed E-state index contributed by atoms with van der Waals surface area (Å²) in [5.41, 5.74) is 0.157. The Morgan fingerprint density at radius 1 is 1.25 bits per heavy atom. The molecule has 3 rings (SSSR count). The zero-order chi connectivity index (χ0) is 14.3. The van der Waals surface area contributed by atoms with Gasteiger partial charge in [-0.05, 0) is 45.2 Å². The molecule has 1 saturated carbocycles. The Kier molecular flexibility index (Phi) is 3.78. The van der Waals surface area contributed by atoms with Gasteiger partial charge in [-0.15, -0.1) is 0 Å². The van der Waals surface area contributed by atoms with E-state index in [-0.39, 0.29) is 11.6 Å². The number of hydrogen-bond donors (Lipinski definition) is 1. The van der Waals surface area contributed by atoms with Gasteiger partial charge in [0.25, 0.3) is 0 Å². The summed E-state index contributed by atoms with van der Waals surface area (Å²) < 4.78 is 27.6. The van der Waals surface area contributed by atoms with Gasteiger partial charge in [0, 0.05) is 36.3 Å². The lowest BCUT2D eigenvalue weighted by Gasteiger charge is -2.22. The minimum atomic E-state index is -0.463. The van der Waals surface area contributed by atoms with Gasteiger partial charge in [-0.3, -0.25) is 4.90 Å². The van der Waals surface area contributed by atoms with Crippen molar-refractivity contribution < 1.29 is 8.78 Å². The average molecular weight is 280 g/mol. The van der Waals surface area contributed by atoms with Crippen LogP contribution in [0.25, 0.3) is 0 Å². The quantitative estimate of drug-likeness (QED) is 0.911. The van der Waals surface area contributed by atoms with E-state index < -0.39 is 11.6 Å². The highest BCUT2D eigenvalue weighted by molar-refractivity contribution is 5.23. The third-order valence-corrected chi connectivity index (χ3v) is 4.56. The van der Waals surface area contributed by atoms with Gasteiger partial charge < -0.3 is 5.32 Å². The molecule has 2 fully saturated rings. The van der Waals surface area contributed by atoms with Crippen molar-refractivity contribution in [3.63, 3.8) is 0 Å². The van der Waals surface area contributed by atoms with Crippen LogP contribution in [0.1, 0.15) is 44.7 Å². The molecule has 0 spiro atoms. The van der Waals surface area contributed by atoms with Crippen molar-refractivity contribution in [2.75, 3.05) is 6.54 Å². The topological polar surface area (TPSA) is 15.3 Å². The monoisotopic (exact) mass is 280 g/mol. The van der Waals surface area contributed by atoms with Crippen molar-refractivity contribution in [2.24, 2.45) is 0 Å². The van der Waals surface area contributed by atoms with Gasteiger partial charge in [-0.1, -0.05) is 6.07 Å². The van der Waals surface area contributed by atoms with Gasteiger partial charge in [0.15, 0.2) is 0 Å². The second-order valence-electron chi connectivity index (χ2n) is 6.23. The first kappa shape index (κ1) is 14.0. The van der Waals surface area contributed by atoms with Crippen LogP contribution in [0, 0.1) is 11.6 Å². The smallest absolute Gasteiger partial charge is 0.130 e. The Morgan fingerprint density at radius 2 is 1.90 bits per heavy atom. The second kappa shape index (κ2) is 5.41. The number of nitrogens with zero attached hydrogens (tertiary/aromatic N) is 1. The van der Waals surface area contributed by atoms with E-state index in [1.165, 1.54) is 31.0 Å². The molecular formula is C16H22F2N2. The van der Waals surface area contributed by atoms with E-state index in [9.17, 15) is 8.78 Å². The fourth-order valence-corrected chi connectivity index (χ4v) is 3.45. The first-order valence-electron chi connectivity index (χ1n) is 7.52. The highest BCUT2D eigenvalue weighted by Gasteiger charge is 2.39. The van der Waals surface area contributed by atoms with E-state index in [0.29, 0.717) is 12.1 Å². The van der Waals surface area contributed by atoms with Gasteiger partial charge in [0.2, 0.25) is 0 Å². The molecule has 20 heavy (non-hydrogen) atoms. The third-order valence-electron chi connectivity index (χ3n) is 4.56. The van der Waals surface area contributed by atoms with Gasteiger partial charge in [-0.25, -0.2) is 8.78 Å². The molecule has 1 aromatic carbocycles. The standard InChI is InChI=1S/C16H22F2N2/c1-10-8-12(9-20(10)13-6-7-13)19-11(2)16-14(17)4-3-5-15(16)18/h3-5,10-13,19H,6-9H2,1-2H3. The molecular weight excluding hydrogens is 258 g/mol. The van der Waals surface area contributed by atoms with Crippen LogP contribution in [0.4, 0.5) is 8.78 Å². The molecule has 110 valence electrons. The molecule has 2 nitrogen and oxygen atoms in total. The largest absolute Gasteiger partial charge is 0.306 e. The first-order valence-corrected chi connectivity index (χ1v) is 7.52. The van der Waals surface area contributed by atoms with E-state index in [2.05, 4.69) is 17.1 Å². The van der Waals surface area contributed by atoms with Crippen LogP contribution in [-0.2, 0) is 0 Å². The molecule has 3 unspecified atom stereocenters. The third kappa shape index (κ3) is 2.72. The highest BCUT2D eigenvalue weighted by atomic mass is 19.1. The van der Waals surface area contributed by atoms with Crippen LogP contribution in [-0.4, -0.2) is 29.6 Å². The molecule has 0 amide bonds. The predicted molar refractivity (Wildman–Crippen MR) is 75.5 cm³/mol. The van der Waals surface area contributed by atoms with Crippen molar-refractivity contribution >= 4 is 0 Å². The van der Waals surface area contributed by atoms with Gasteiger partial charge in [0.05, 0.1) is 0 Å². The van der Waals surface area contributed by atoms with Crippen molar-refractivity contribution in [2.45, 2.75) is 57.3 Å². The van der Waals surface area contributed by atoms with E-state index >= 15 is 0 Å². The van der Waals surface area contributed by atoms with Crippen LogP contribution >= 0.6 is 0 Å². The zero-order valence-corrected chi connectivity index (χ0v) is 12.1. The van der Waals surface area contributed by atoms with E-state index in [4.69, 9.17) is 0 Å². The molecule has 1 saturated heterocycles.